The van der Waals surface area contributed by atoms with Gasteiger partial charge >= 0.3 is 16.5 Å². The van der Waals surface area contributed by atoms with Crippen molar-refractivity contribution in [1.82, 2.24) is 0 Å². The van der Waals surface area contributed by atoms with Crippen LogP contribution in [0.2, 0.25) is 0 Å². The van der Waals surface area contributed by atoms with E-state index in [-0.39, 0.29) is 5.71 Å². The fourth-order valence-corrected chi connectivity index (χ4v) is 1.26. The average molecular weight is 280 g/mol. The Morgan fingerprint density at radius 1 is 1.50 bits per heavy atom. The molecule has 1 aliphatic rings. The van der Waals surface area contributed by atoms with Crippen molar-refractivity contribution < 1.29 is 27.5 Å². The molecule has 0 saturated heterocycles. The molecule has 1 atom stereocenters. The van der Waals surface area contributed by atoms with Gasteiger partial charge in [-0.2, -0.15) is 17.6 Å². The lowest BCUT2D eigenvalue weighted by Crippen LogP contribution is -2.56. The minimum Gasteiger partial charge on any atom is -0.353 e. The molecule has 1 rings (SSSR count). The van der Waals surface area contributed by atoms with Gasteiger partial charge in [-0.1, -0.05) is 5.16 Å². The lowest BCUT2D eigenvalue weighted by Gasteiger charge is -2.31. The van der Waals surface area contributed by atoms with Gasteiger partial charge in [0, 0.05) is 0 Å². The van der Waals surface area contributed by atoms with Crippen LogP contribution in [0, 0.1) is 0 Å². The largest absolute Gasteiger partial charge is 0.386 e. The summed E-state index contributed by atoms with van der Waals surface area (Å²) in [4.78, 5) is -0.633. The van der Waals surface area contributed by atoms with E-state index in [1.807, 2.05) is 0 Å². The van der Waals surface area contributed by atoms with Crippen molar-refractivity contribution in [3.8, 4) is 0 Å². The van der Waals surface area contributed by atoms with E-state index in [9.17, 15) is 17.6 Å². The third kappa shape index (κ3) is 1.60. The summed E-state index contributed by atoms with van der Waals surface area (Å²) in [5.41, 5.74) is 0.0175. The second-order valence-corrected chi connectivity index (χ2v) is 3.95. The molecule has 0 aromatic carbocycles. The number of nitrogens with zero attached hydrogens (tertiary/aromatic N) is 1. The maximum atomic E-state index is 12.9. The van der Waals surface area contributed by atoms with Crippen molar-refractivity contribution in [2.45, 2.75) is 29.9 Å². The van der Waals surface area contributed by atoms with Gasteiger partial charge in [-0.15, -0.1) is 0 Å². The van der Waals surface area contributed by atoms with Crippen molar-refractivity contribution in [1.29, 1.82) is 0 Å². The van der Waals surface area contributed by atoms with E-state index in [0.29, 0.717) is 0 Å². The lowest BCUT2D eigenvalue weighted by atomic mass is 10.0. The molecule has 0 fully saturated rings. The van der Waals surface area contributed by atoms with Crippen LogP contribution in [0.15, 0.2) is 5.16 Å². The van der Waals surface area contributed by atoms with Crippen LogP contribution in [0.3, 0.4) is 0 Å². The Bertz CT molecular complexity index is 277. The molecular formula is C6H6BrF4NO2. The molecule has 14 heavy (non-hydrogen) atoms. The molecule has 0 spiro atoms. The predicted molar refractivity (Wildman–Crippen MR) is 42.6 cm³/mol. The summed E-state index contributed by atoms with van der Waals surface area (Å²) >= 11 is 1.49. The third-order valence-electron chi connectivity index (χ3n) is 1.69. The van der Waals surface area contributed by atoms with Gasteiger partial charge in [0.15, 0.2) is 0 Å². The highest BCUT2D eigenvalue weighted by Crippen LogP contribution is 2.49. The van der Waals surface area contributed by atoms with Crippen molar-refractivity contribution in [2.24, 2.45) is 5.16 Å². The summed E-state index contributed by atoms with van der Waals surface area (Å²) in [5, 5.41) is 12.1. The molecule has 1 unspecified atom stereocenters. The SMILES string of the molecule is CC1=NOC(O)(C(F)(F)C(F)(F)Br)C1. The molecule has 0 bridgehead atoms. The van der Waals surface area contributed by atoms with Gasteiger partial charge in [-0.25, -0.2) is 0 Å². The van der Waals surface area contributed by atoms with Gasteiger partial charge in [0.25, 0.3) is 0 Å². The molecule has 8 heteroatoms. The number of rotatable bonds is 2. The van der Waals surface area contributed by atoms with E-state index in [2.05, 4.69) is 9.99 Å². The quantitative estimate of drug-likeness (QED) is 0.621. The first-order valence-corrected chi connectivity index (χ1v) is 4.28. The fraction of sp³-hybridized carbons (Fsp3) is 0.833. The predicted octanol–water partition coefficient (Wildman–Crippen LogP) is 2.09. The summed E-state index contributed by atoms with van der Waals surface area (Å²) in [7, 11) is 0. The first-order valence-electron chi connectivity index (χ1n) is 3.49. The molecular weight excluding hydrogens is 274 g/mol. The number of hydrogen-bond donors (Lipinski definition) is 1. The first-order chi connectivity index (χ1) is 6.10. The van der Waals surface area contributed by atoms with Crippen LogP contribution in [0.25, 0.3) is 0 Å². The normalized spacial score (nSPS) is 28.6. The molecule has 0 amide bonds. The van der Waals surface area contributed by atoms with Crippen LogP contribution in [0.4, 0.5) is 17.6 Å². The number of halogens is 5. The molecule has 0 saturated carbocycles. The maximum absolute atomic E-state index is 12.9. The van der Waals surface area contributed by atoms with E-state index < -0.39 is 23.0 Å². The van der Waals surface area contributed by atoms with Gasteiger partial charge in [0.1, 0.15) is 0 Å². The zero-order chi connectivity index (χ0) is 11.2. The molecule has 1 heterocycles. The summed E-state index contributed by atoms with van der Waals surface area (Å²) in [6.45, 7) is 1.28. The molecule has 1 N–H and O–H groups in total. The molecule has 0 aromatic rings. The zero-order valence-corrected chi connectivity index (χ0v) is 8.49. The fourth-order valence-electron chi connectivity index (χ4n) is 0.955. The van der Waals surface area contributed by atoms with Gasteiger partial charge < -0.3 is 9.94 Å². The van der Waals surface area contributed by atoms with Crippen LogP contribution in [0.5, 0.6) is 0 Å². The van der Waals surface area contributed by atoms with Crippen molar-refractivity contribution in [2.75, 3.05) is 0 Å². The van der Waals surface area contributed by atoms with Gasteiger partial charge in [0.05, 0.1) is 12.1 Å². The minimum absolute atomic E-state index is 0.0175. The van der Waals surface area contributed by atoms with Crippen LogP contribution in [0.1, 0.15) is 13.3 Å². The molecule has 1 aliphatic heterocycles. The standard InChI is InChI=1S/C6H6BrF4NO2/c1-3-2-4(13,14-12-3)5(8,9)6(7,10)11/h13H,2H2,1H3. The highest BCUT2D eigenvalue weighted by Gasteiger charge is 2.71. The van der Waals surface area contributed by atoms with Crippen molar-refractivity contribution in [3.63, 3.8) is 0 Å². The Morgan fingerprint density at radius 3 is 2.29 bits per heavy atom. The van der Waals surface area contributed by atoms with Gasteiger partial charge in [-0.05, 0) is 22.9 Å². The monoisotopic (exact) mass is 279 g/mol. The second kappa shape index (κ2) is 3.06. The highest BCUT2D eigenvalue weighted by molar-refractivity contribution is 9.10. The summed E-state index contributed by atoms with van der Waals surface area (Å²) in [5.74, 6) is -8.05. The third-order valence-corrected chi connectivity index (χ3v) is 2.19. The first kappa shape index (κ1) is 11.7. The number of alkyl halides is 5. The van der Waals surface area contributed by atoms with Crippen molar-refractivity contribution in [3.05, 3.63) is 0 Å². The van der Waals surface area contributed by atoms with Crippen LogP contribution >= 0.6 is 15.9 Å². The van der Waals surface area contributed by atoms with Crippen LogP contribution in [-0.4, -0.2) is 27.4 Å². The zero-order valence-electron chi connectivity index (χ0n) is 6.90. The smallest absolute Gasteiger partial charge is 0.353 e. The summed E-state index contributed by atoms with van der Waals surface area (Å²) in [6, 6.07) is 0. The Balaban J connectivity index is 2.95. The average Bonchev–Trinajstić information content (AvgIpc) is 2.30. The van der Waals surface area contributed by atoms with Crippen LogP contribution < -0.4 is 0 Å². The van der Waals surface area contributed by atoms with E-state index in [4.69, 9.17) is 5.11 Å². The number of hydrogen-bond acceptors (Lipinski definition) is 3. The molecule has 0 aliphatic carbocycles. The van der Waals surface area contributed by atoms with Crippen LogP contribution in [-0.2, 0) is 4.84 Å². The Labute approximate surface area is 84.8 Å². The number of oxime groups is 1. The Kier molecular flexibility index (Phi) is 2.56. The molecule has 0 radical (unpaired) electrons. The highest BCUT2D eigenvalue weighted by atomic mass is 79.9. The minimum atomic E-state index is -4.76. The summed E-state index contributed by atoms with van der Waals surface area (Å²) < 4.78 is 50.7. The molecule has 3 nitrogen and oxygen atoms in total. The second-order valence-electron chi connectivity index (χ2n) is 2.95. The molecule has 0 aromatic heterocycles. The lowest BCUT2D eigenvalue weighted by molar-refractivity contribution is -0.344. The Morgan fingerprint density at radius 2 is 2.00 bits per heavy atom. The van der Waals surface area contributed by atoms with Gasteiger partial charge in [0.2, 0.25) is 0 Å². The van der Waals surface area contributed by atoms with Crippen molar-refractivity contribution >= 4 is 21.6 Å². The summed E-state index contributed by atoms with van der Waals surface area (Å²) in [6.07, 6.45) is -0.763. The molecule has 82 valence electrons. The van der Waals surface area contributed by atoms with E-state index in [1.54, 1.807) is 0 Å². The van der Waals surface area contributed by atoms with E-state index >= 15 is 0 Å². The number of aliphatic hydroxyl groups is 1. The maximum Gasteiger partial charge on any atom is 0.386 e. The topological polar surface area (TPSA) is 41.8 Å². The Hall–Kier alpha value is -0.370. The van der Waals surface area contributed by atoms with E-state index in [1.165, 1.54) is 22.9 Å². The van der Waals surface area contributed by atoms with E-state index in [0.717, 1.165) is 0 Å². The van der Waals surface area contributed by atoms with Gasteiger partial charge in [-0.3, -0.25) is 0 Å².